The third-order valence-electron chi connectivity index (χ3n) is 3.33. The van der Waals surface area contributed by atoms with Crippen molar-refractivity contribution in [1.82, 2.24) is 4.98 Å². The molecule has 0 saturated carbocycles. The van der Waals surface area contributed by atoms with Gasteiger partial charge >= 0.3 is 6.18 Å². The number of rotatable bonds is 3. The zero-order valence-electron chi connectivity index (χ0n) is 12.8. The number of halogens is 4. The fraction of sp³-hybridized carbons (Fsp3) is 0.0588. The molecular formula is C17H9ClF3N3OS. The lowest BCUT2D eigenvalue weighted by Crippen LogP contribution is -2.07. The number of hydrogen-bond donors (Lipinski definition) is 1. The highest BCUT2D eigenvalue weighted by molar-refractivity contribution is 7.17. The van der Waals surface area contributed by atoms with Crippen LogP contribution in [0.2, 0.25) is 5.02 Å². The molecule has 9 heteroatoms. The van der Waals surface area contributed by atoms with E-state index in [1.54, 1.807) is 24.3 Å². The molecule has 4 nitrogen and oxygen atoms in total. The smallest absolute Gasteiger partial charge is 0.420 e. The number of benzene rings is 2. The van der Waals surface area contributed by atoms with Gasteiger partial charge in [0, 0.05) is 10.6 Å². The molecular weight excluding hydrogens is 387 g/mol. The van der Waals surface area contributed by atoms with Crippen molar-refractivity contribution in [2.45, 2.75) is 6.18 Å². The highest BCUT2D eigenvalue weighted by Crippen LogP contribution is 2.44. The fourth-order valence-electron chi connectivity index (χ4n) is 2.22. The van der Waals surface area contributed by atoms with E-state index in [0.29, 0.717) is 11.1 Å². The van der Waals surface area contributed by atoms with Gasteiger partial charge in [-0.1, -0.05) is 35.1 Å². The summed E-state index contributed by atoms with van der Waals surface area (Å²) in [5.74, 6) is -0.414. The Hall–Kier alpha value is -2.76. The Bertz CT molecular complexity index is 1010. The second-order valence-electron chi connectivity index (χ2n) is 5.12. The SMILES string of the molecule is N#Cc1cccc(-c2nc(N)sc2Oc2ccc(Cl)cc2C(F)(F)F)c1. The molecule has 0 fully saturated rings. The highest BCUT2D eigenvalue weighted by Gasteiger charge is 2.35. The minimum absolute atomic E-state index is 0.0598. The van der Waals surface area contributed by atoms with Crippen molar-refractivity contribution in [2.24, 2.45) is 0 Å². The maximum atomic E-state index is 13.2. The van der Waals surface area contributed by atoms with E-state index in [2.05, 4.69) is 4.98 Å². The Morgan fingerprint density at radius 1 is 1.19 bits per heavy atom. The minimum atomic E-state index is -4.64. The monoisotopic (exact) mass is 395 g/mol. The molecule has 2 N–H and O–H groups in total. The van der Waals surface area contributed by atoms with Crippen LogP contribution in [0.5, 0.6) is 10.8 Å². The Labute approximate surface area is 155 Å². The number of nitrogens with two attached hydrogens (primary N) is 1. The molecule has 0 aliphatic heterocycles. The normalized spacial score (nSPS) is 11.2. The van der Waals surface area contributed by atoms with E-state index in [4.69, 9.17) is 27.3 Å². The number of aromatic nitrogens is 1. The second kappa shape index (κ2) is 6.86. The Balaban J connectivity index is 2.07. The summed E-state index contributed by atoms with van der Waals surface area (Å²) in [7, 11) is 0. The van der Waals surface area contributed by atoms with Gasteiger partial charge in [0.1, 0.15) is 11.4 Å². The zero-order valence-corrected chi connectivity index (χ0v) is 14.4. The van der Waals surface area contributed by atoms with Gasteiger partial charge in [-0.15, -0.1) is 0 Å². The average molecular weight is 396 g/mol. The number of nitrogen functional groups attached to an aromatic ring is 1. The van der Waals surface area contributed by atoms with Gasteiger partial charge in [0.15, 0.2) is 5.13 Å². The molecule has 1 aromatic heterocycles. The number of anilines is 1. The lowest BCUT2D eigenvalue weighted by molar-refractivity contribution is -0.138. The van der Waals surface area contributed by atoms with Crippen molar-refractivity contribution in [2.75, 3.05) is 5.73 Å². The lowest BCUT2D eigenvalue weighted by Gasteiger charge is -2.13. The van der Waals surface area contributed by atoms with Crippen molar-refractivity contribution in [3.8, 4) is 28.1 Å². The van der Waals surface area contributed by atoms with Crippen LogP contribution < -0.4 is 10.5 Å². The Morgan fingerprint density at radius 3 is 2.65 bits per heavy atom. The Kier molecular flexibility index (Phi) is 4.76. The third kappa shape index (κ3) is 3.74. The molecule has 0 spiro atoms. The van der Waals surface area contributed by atoms with E-state index >= 15 is 0 Å². The first-order valence-corrected chi connectivity index (χ1v) is 8.29. The third-order valence-corrected chi connectivity index (χ3v) is 4.32. The molecule has 2 aromatic carbocycles. The molecule has 0 radical (unpaired) electrons. The van der Waals surface area contributed by atoms with Crippen molar-refractivity contribution >= 4 is 28.1 Å². The van der Waals surface area contributed by atoms with E-state index in [-0.39, 0.29) is 20.9 Å². The summed E-state index contributed by atoms with van der Waals surface area (Å²) in [4.78, 5) is 4.12. The standard InChI is InChI=1S/C17H9ClF3N3OS/c18-11-4-5-13(12(7-11)17(19,20)21)25-15-14(24-16(23)26-15)10-3-1-2-9(6-10)8-22/h1-7H,(H2,23,24). The van der Waals surface area contributed by atoms with Crippen LogP contribution in [-0.4, -0.2) is 4.98 Å². The summed E-state index contributed by atoms with van der Waals surface area (Å²) in [6.45, 7) is 0. The second-order valence-corrected chi connectivity index (χ2v) is 6.55. The van der Waals surface area contributed by atoms with Gasteiger partial charge in [0.2, 0.25) is 5.06 Å². The molecule has 3 rings (SSSR count). The van der Waals surface area contributed by atoms with E-state index < -0.39 is 17.5 Å². The van der Waals surface area contributed by atoms with Crippen LogP contribution in [0.25, 0.3) is 11.3 Å². The first-order valence-electron chi connectivity index (χ1n) is 7.09. The molecule has 0 saturated heterocycles. The van der Waals surface area contributed by atoms with Gasteiger partial charge in [-0.25, -0.2) is 4.98 Å². The number of alkyl halides is 3. The molecule has 0 aliphatic carbocycles. The van der Waals surface area contributed by atoms with Crippen LogP contribution in [0, 0.1) is 11.3 Å². The maximum Gasteiger partial charge on any atom is 0.420 e. The van der Waals surface area contributed by atoms with Crippen LogP contribution in [0.3, 0.4) is 0 Å². The predicted molar refractivity (Wildman–Crippen MR) is 93.2 cm³/mol. The van der Waals surface area contributed by atoms with Gasteiger partial charge in [-0.3, -0.25) is 0 Å². The minimum Gasteiger partial charge on any atom is -0.444 e. The molecule has 3 aromatic rings. The first kappa shape index (κ1) is 18.0. The van der Waals surface area contributed by atoms with Crippen LogP contribution in [0.1, 0.15) is 11.1 Å². The molecule has 132 valence electrons. The lowest BCUT2D eigenvalue weighted by atomic mass is 10.1. The number of hydrogen-bond acceptors (Lipinski definition) is 5. The van der Waals surface area contributed by atoms with Crippen molar-refractivity contribution in [3.05, 3.63) is 58.6 Å². The molecule has 0 amide bonds. The molecule has 0 bridgehead atoms. The number of thiazole rings is 1. The number of ether oxygens (including phenoxy) is 1. The largest absolute Gasteiger partial charge is 0.444 e. The van der Waals surface area contributed by atoms with Crippen molar-refractivity contribution in [3.63, 3.8) is 0 Å². The molecule has 26 heavy (non-hydrogen) atoms. The Morgan fingerprint density at radius 2 is 1.96 bits per heavy atom. The van der Waals surface area contributed by atoms with Gasteiger partial charge < -0.3 is 10.5 Å². The summed E-state index contributed by atoms with van der Waals surface area (Å²) in [6, 6.07) is 11.7. The van der Waals surface area contributed by atoms with Gasteiger partial charge in [-0.2, -0.15) is 18.4 Å². The number of nitrogens with zero attached hydrogens (tertiary/aromatic N) is 2. The predicted octanol–water partition coefficient (Wildman–Crippen LogP) is 5.73. The van der Waals surface area contributed by atoms with Gasteiger partial charge in [-0.05, 0) is 30.3 Å². The van der Waals surface area contributed by atoms with Gasteiger partial charge in [0.25, 0.3) is 0 Å². The fourth-order valence-corrected chi connectivity index (χ4v) is 3.11. The van der Waals surface area contributed by atoms with Crippen molar-refractivity contribution < 1.29 is 17.9 Å². The summed E-state index contributed by atoms with van der Waals surface area (Å²) in [5, 5.41) is 9.16. The summed E-state index contributed by atoms with van der Waals surface area (Å²) in [5.41, 5.74) is 5.85. The van der Waals surface area contributed by atoms with E-state index in [0.717, 1.165) is 23.5 Å². The van der Waals surface area contributed by atoms with Crippen LogP contribution in [-0.2, 0) is 6.18 Å². The topological polar surface area (TPSA) is 71.9 Å². The average Bonchev–Trinajstić information content (AvgIpc) is 2.96. The quantitative estimate of drug-likeness (QED) is 0.614. The first-order chi connectivity index (χ1) is 12.3. The van der Waals surface area contributed by atoms with E-state index in [9.17, 15) is 13.2 Å². The highest BCUT2D eigenvalue weighted by atomic mass is 35.5. The van der Waals surface area contributed by atoms with Crippen LogP contribution in [0.4, 0.5) is 18.3 Å². The summed E-state index contributed by atoms with van der Waals surface area (Å²) >= 11 is 6.58. The summed E-state index contributed by atoms with van der Waals surface area (Å²) < 4.78 is 45.2. The molecule has 1 heterocycles. The maximum absolute atomic E-state index is 13.2. The molecule has 0 aliphatic rings. The number of nitriles is 1. The van der Waals surface area contributed by atoms with Crippen LogP contribution >= 0.6 is 22.9 Å². The van der Waals surface area contributed by atoms with E-state index in [1.807, 2.05) is 6.07 Å². The summed E-state index contributed by atoms with van der Waals surface area (Å²) in [6.07, 6.45) is -4.64. The molecule has 0 unspecified atom stereocenters. The van der Waals surface area contributed by atoms with Crippen LogP contribution in [0.15, 0.2) is 42.5 Å². The van der Waals surface area contributed by atoms with Crippen molar-refractivity contribution in [1.29, 1.82) is 5.26 Å². The molecule has 0 atom stereocenters. The van der Waals surface area contributed by atoms with E-state index in [1.165, 1.54) is 6.07 Å². The van der Waals surface area contributed by atoms with Gasteiger partial charge in [0.05, 0.1) is 17.2 Å². The zero-order chi connectivity index (χ0) is 18.9.